The van der Waals surface area contributed by atoms with E-state index in [0.29, 0.717) is 19.0 Å². The van der Waals surface area contributed by atoms with Gasteiger partial charge in [0.15, 0.2) is 0 Å². The average molecular weight is 445 g/mol. The molecule has 154 valence electrons. The van der Waals surface area contributed by atoms with Crippen LogP contribution in [0.2, 0.25) is 0 Å². The summed E-state index contributed by atoms with van der Waals surface area (Å²) < 4.78 is 69.5. The maximum Gasteiger partial charge on any atom is 0.452 e. The van der Waals surface area contributed by atoms with Gasteiger partial charge in [0.1, 0.15) is 9.90 Å². The molecule has 0 radical (unpaired) electrons. The van der Waals surface area contributed by atoms with E-state index in [-0.39, 0.29) is 27.9 Å². The Labute approximate surface area is 167 Å². The van der Waals surface area contributed by atoms with Crippen LogP contribution >= 0.6 is 11.3 Å². The average Bonchev–Trinajstić information content (AvgIpc) is 3.38. The molecule has 1 saturated heterocycles. The third-order valence-electron chi connectivity index (χ3n) is 4.29. The highest BCUT2D eigenvalue weighted by Crippen LogP contribution is 2.36. The van der Waals surface area contributed by atoms with Crippen molar-refractivity contribution >= 4 is 27.3 Å². The van der Waals surface area contributed by atoms with Crippen molar-refractivity contribution < 1.29 is 26.1 Å². The van der Waals surface area contributed by atoms with Gasteiger partial charge in [0, 0.05) is 44.6 Å². The Hall–Kier alpha value is -2.51. The van der Waals surface area contributed by atoms with Crippen molar-refractivity contribution in [1.82, 2.24) is 19.4 Å². The second kappa shape index (κ2) is 7.39. The van der Waals surface area contributed by atoms with E-state index in [2.05, 4.69) is 19.6 Å². The van der Waals surface area contributed by atoms with Crippen LogP contribution < -0.4 is 4.90 Å². The molecule has 13 heteroatoms. The van der Waals surface area contributed by atoms with Gasteiger partial charge in [-0.05, 0) is 18.2 Å². The van der Waals surface area contributed by atoms with Gasteiger partial charge in [0.05, 0.1) is 4.88 Å². The van der Waals surface area contributed by atoms with E-state index >= 15 is 0 Å². The lowest BCUT2D eigenvalue weighted by molar-refractivity contribution is -0.155. The molecular weight excluding hydrogens is 431 g/mol. The molecular formula is C16H14F3N5O3S2. The number of nitrogens with zero attached hydrogens (tertiary/aromatic N) is 5. The van der Waals surface area contributed by atoms with Crippen LogP contribution in [-0.4, -0.2) is 54.0 Å². The number of hydrogen-bond donors (Lipinski definition) is 0. The van der Waals surface area contributed by atoms with Gasteiger partial charge in [-0.25, -0.2) is 18.4 Å². The monoisotopic (exact) mass is 445 g/mol. The Bertz CT molecular complexity index is 1090. The SMILES string of the molecule is O=S(=O)(c1ccc(-c2cc(C(F)(F)F)on2)s1)N1CCN(c2ncccn2)CC1. The fourth-order valence-corrected chi connectivity index (χ4v) is 5.67. The van der Waals surface area contributed by atoms with Gasteiger partial charge in [-0.3, -0.25) is 0 Å². The molecule has 1 aliphatic rings. The van der Waals surface area contributed by atoms with Gasteiger partial charge >= 0.3 is 6.18 Å². The van der Waals surface area contributed by atoms with Crippen molar-refractivity contribution in [1.29, 1.82) is 0 Å². The minimum absolute atomic E-state index is 0.0356. The Kier molecular flexibility index (Phi) is 5.04. The van der Waals surface area contributed by atoms with Crippen molar-refractivity contribution in [2.24, 2.45) is 0 Å². The Morgan fingerprint density at radius 3 is 2.38 bits per heavy atom. The number of piperazine rings is 1. The van der Waals surface area contributed by atoms with Crippen LogP contribution in [0.25, 0.3) is 10.6 Å². The second-order valence-corrected chi connectivity index (χ2v) is 9.38. The Balaban J connectivity index is 1.48. The largest absolute Gasteiger partial charge is 0.452 e. The molecule has 0 aliphatic carbocycles. The fraction of sp³-hybridized carbons (Fsp3) is 0.312. The first-order valence-electron chi connectivity index (χ1n) is 8.41. The van der Waals surface area contributed by atoms with E-state index in [1.165, 1.54) is 16.4 Å². The van der Waals surface area contributed by atoms with Crippen LogP contribution in [-0.2, 0) is 16.2 Å². The van der Waals surface area contributed by atoms with Crippen LogP contribution in [0.5, 0.6) is 0 Å². The molecule has 29 heavy (non-hydrogen) atoms. The smallest absolute Gasteiger partial charge is 0.351 e. The minimum atomic E-state index is -4.65. The van der Waals surface area contributed by atoms with Gasteiger partial charge in [-0.1, -0.05) is 5.16 Å². The highest BCUT2D eigenvalue weighted by Gasteiger charge is 2.36. The third-order valence-corrected chi connectivity index (χ3v) is 7.76. The summed E-state index contributed by atoms with van der Waals surface area (Å²) in [4.78, 5) is 10.5. The van der Waals surface area contributed by atoms with E-state index in [9.17, 15) is 21.6 Å². The minimum Gasteiger partial charge on any atom is -0.351 e. The normalized spacial score (nSPS) is 16.3. The number of alkyl halides is 3. The zero-order valence-corrected chi connectivity index (χ0v) is 16.3. The Morgan fingerprint density at radius 1 is 1.07 bits per heavy atom. The van der Waals surface area contributed by atoms with Crippen LogP contribution in [0.4, 0.5) is 19.1 Å². The van der Waals surface area contributed by atoms with E-state index in [1.807, 2.05) is 4.90 Å². The summed E-state index contributed by atoms with van der Waals surface area (Å²) in [5.41, 5.74) is -0.0604. The molecule has 4 heterocycles. The quantitative estimate of drug-likeness (QED) is 0.610. The lowest BCUT2D eigenvalue weighted by atomic mass is 10.3. The Morgan fingerprint density at radius 2 is 1.76 bits per heavy atom. The molecule has 1 aliphatic heterocycles. The fourth-order valence-electron chi connectivity index (χ4n) is 2.83. The topological polar surface area (TPSA) is 92.4 Å². The van der Waals surface area contributed by atoms with Crippen LogP contribution in [0, 0.1) is 0 Å². The van der Waals surface area contributed by atoms with Gasteiger partial charge in [-0.2, -0.15) is 17.5 Å². The lowest BCUT2D eigenvalue weighted by Crippen LogP contribution is -2.49. The van der Waals surface area contributed by atoms with Crippen molar-refractivity contribution in [3.05, 3.63) is 42.4 Å². The summed E-state index contributed by atoms with van der Waals surface area (Å²) in [6, 6.07) is 5.24. The number of halogens is 3. The van der Waals surface area contributed by atoms with Crippen molar-refractivity contribution in [3.8, 4) is 10.6 Å². The molecule has 0 spiro atoms. The number of sulfonamides is 1. The zero-order valence-electron chi connectivity index (χ0n) is 14.7. The van der Waals surface area contributed by atoms with Crippen molar-refractivity contribution in [2.75, 3.05) is 31.1 Å². The highest BCUT2D eigenvalue weighted by atomic mass is 32.2. The van der Waals surface area contributed by atoms with Crippen molar-refractivity contribution in [3.63, 3.8) is 0 Å². The molecule has 3 aromatic heterocycles. The summed E-state index contributed by atoms with van der Waals surface area (Å²) in [6.45, 7) is 1.35. The predicted octanol–water partition coefficient (Wildman–Crippen LogP) is 2.72. The molecule has 3 aromatic rings. The van der Waals surface area contributed by atoms with Crippen molar-refractivity contribution in [2.45, 2.75) is 10.4 Å². The number of anilines is 1. The standard InChI is InChI=1S/C16H14F3N5O3S2/c17-16(18,19)13-10-11(22-27-13)12-2-3-14(28-12)29(25,26)24-8-6-23(7-9-24)15-20-4-1-5-21-15/h1-5,10H,6-9H2. The second-order valence-electron chi connectivity index (χ2n) is 6.13. The van der Waals surface area contributed by atoms with Gasteiger partial charge in [0.25, 0.3) is 10.0 Å². The van der Waals surface area contributed by atoms with E-state index in [0.717, 1.165) is 17.4 Å². The summed E-state index contributed by atoms with van der Waals surface area (Å²) in [7, 11) is -3.77. The molecule has 8 nitrogen and oxygen atoms in total. The molecule has 0 bridgehead atoms. The summed E-state index contributed by atoms with van der Waals surface area (Å²) in [6.07, 6.45) is -1.42. The molecule has 0 N–H and O–H groups in total. The first kappa shape index (κ1) is 19.8. The number of aromatic nitrogens is 3. The maximum absolute atomic E-state index is 12.9. The summed E-state index contributed by atoms with van der Waals surface area (Å²) in [5.74, 6) is -0.695. The summed E-state index contributed by atoms with van der Waals surface area (Å²) >= 11 is 0.850. The van der Waals surface area contributed by atoms with E-state index in [1.54, 1.807) is 18.5 Å². The predicted molar refractivity (Wildman–Crippen MR) is 97.8 cm³/mol. The number of thiophene rings is 1. The highest BCUT2D eigenvalue weighted by molar-refractivity contribution is 7.91. The third kappa shape index (κ3) is 3.97. The number of hydrogen-bond acceptors (Lipinski definition) is 8. The zero-order chi connectivity index (χ0) is 20.6. The van der Waals surface area contributed by atoms with Gasteiger partial charge < -0.3 is 9.42 Å². The van der Waals surface area contributed by atoms with Crippen LogP contribution in [0.1, 0.15) is 5.76 Å². The van der Waals surface area contributed by atoms with Crippen LogP contribution in [0.3, 0.4) is 0 Å². The molecule has 4 rings (SSSR count). The first-order chi connectivity index (χ1) is 13.7. The molecule has 0 amide bonds. The summed E-state index contributed by atoms with van der Waals surface area (Å²) in [5, 5.41) is 3.39. The number of rotatable bonds is 4. The molecule has 1 fully saturated rings. The molecule has 0 aromatic carbocycles. The molecule has 0 unspecified atom stereocenters. The molecule has 0 atom stereocenters. The van der Waals surface area contributed by atoms with Gasteiger partial charge in [0.2, 0.25) is 11.7 Å². The van der Waals surface area contributed by atoms with E-state index in [4.69, 9.17) is 0 Å². The van der Waals surface area contributed by atoms with Crippen LogP contribution in [0.15, 0.2) is 45.4 Å². The lowest BCUT2D eigenvalue weighted by Gasteiger charge is -2.33. The maximum atomic E-state index is 12.9. The van der Waals surface area contributed by atoms with Gasteiger partial charge in [-0.15, -0.1) is 11.3 Å². The molecule has 0 saturated carbocycles. The first-order valence-corrected chi connectivity index (χ1v) is 10.7. The van der Waals surface area contributed by atoms with E-state index < -0.39 is 22.0 Å².